The van der Waals surface area contributed by atoms with Gasteiger partial charge in [-0.1, -0.05) is 41.4 Å². The Morgan fingerprint density at radius 3 is 1.82 bits per heavy atom. The zero-order chi connectivity index (χ0) is 16.8. The van der Waals surface area contributed by atoms with Crippen molar-refractivity contribution in [1.82, 2.24) is 0 Å². The predicted molar refractivity (Wildman–Crippen MR) is 81.1 cm³/mol. The van der Waals surface area contributed by atoms with Gasteiger partial charge in [-0.15, -0.1) is 0 Å². The van der Waals surface area contributed by atoms with Gasteiger partial charge in [-0.25, -0.2) is 0 Å². The summed E-state index contributed by atoms with van der Waals surface area (Å²) in [6.07, 6.45) is 0. The molecule has 0 bridgehead atoms. The molecule has 1 aromatic rings. The molecule has 0 unspecified atom stereocenters. The van der Waals surface area contributed by atoms with Gasteiger partial charge in [0.05, 0.1) is 4.90 Å². The summed E-state index contributed by atoms with van der Waals surface area (Å²) in [6, 6.07) is 6.33. The molecule has 7 heteroatoms. The van der Waals surface area contributed by atoms with Crippen molar-refractivity contribution in [3.8, 4) is 23.7 Å². The molecule has 1 aromatic carbocycles. The number of benzene rings is 1. The lowest BCUT2D eigenvalue weighted by Crippen LogP contribution is -2.06. The van der Waals surface area contributed by atoms with E-state index in [1.54, 1.807) is 12.1 Å². The molecule has 6 nitrogen and oxygen atoms in total. The molecule has 1 rings (SSSR count). The minimum absolute atomic E-state index is 0.101. The molecule has 0 aliphatic heterocycles. The third-order valence-electron chi connectivity index (χ3n) is 2.08. The maximum absolute atomic E-state index is 11.6. The van der Waals surface area contributed by atoms with Crippen LogP contribution in [0.5, 0.6) is 0 Å². The average molecular weight is 326 g/mol. The quantitative estimate of drug-likeness (QED) is 0.519. The van der Waals surface area contributed by atoms with Crippen molar-refractivity contribution in [3.63, 3.8) is 0 Å². The Bertz CT molecular complexity index is 633. The fraction of sp³-hybridized carbons (Fsp3) is 0.333. The number of rotatable bonds is 3. The zero-order valence-electron chi connectivity index (χ0n) is 12.1. The Hall–Kier alpha value is -1.87. The van der Waals surface area contributed by atoms with Gasteiger partial charge >= 0.3 is 0 Å². The first-order chi connectivity index (χ1) is 10.5. The Morgan fingerprint density at radius 1 is 0.909 bits per heavy atom. The number of hydrogen-bond donors (Lipinski definition) is 3. The van der Waals surface area contributed by atoms with Crippen LogP contribution in [0.4, 0.5) is 0 Å². The Labute approximate surface area is 130 Å². The number of aryl methyl sites for hydroxylation is 1. The van der Waals surface area contributed by atoms with Crippen LogP contribution in [-0.4, -0.2) is 50.2 Å². The molecule has 22 heavy (non-hydrogen) atoms. The molecule has 120 valence electrons. The average Bonchev–Trinajstić information content (AvgIpc) is 2.50. The molecular formula is C15H18O6S. The van der Waals surface area contributed by atoms with Crippen LogP contribution < -0.4 is 0 Å². The van der Waals surface area contributed by atoms with Gasteiger partial charge in [-0.3, -0.25) is 4.18 Å². The monoisotopic (exact) mass is 326 g/mol. The van der Waals surface area contributed by atoms with Gasteiger partial charge in [0, 0.05) is 0 Å². The van der Waals surface area contributed by atoms with Gasteiger partial charge in [0.2, 0.25) is 0 Å². The number of aliphatic hydroxyl groups excluding tert-OH is 3. The standard InChI is InChI=1S/C11H12O4S.C4H6O2/c1-10-4-6-11(7-5-10)16(13,14)15-9-3-2-8-12;5-3-1-2-4-6/h4-7,12H,8-9H2,1H3;5-6H,3-4H2. The lowest BCUT2D eigenvalue weighted by Gasteiger charge is -2.02. The van der Waals surface area contributed by atoms with Gasteiger partial charge < -0.3 is 15.3 Å². The molecule has 0 atom stereocenters. The van der Waals surface area contributed by atoms with Crippen LogP contribution in [0.3, 0.4) is 0 Å². The van der Waals surface area contributed by atoms with Crippen molar-refractivity contribution >= 4 is 10.1 Å². The Balaban J connectivity index is 0.000000626. The summed E-state index contributed by atoms with van der Waals surface area (Å²) in [6.45, 7) is 0.968. The molecule has 3 N–H and O–H groups in total. The van der Waals surface area contributed by atoms with Crippen LogP contribution in [0.2, 0.25) is 0 Å². The smallest absolute Gasteiger partial charge is 0.297 e. The lowest BCUT2D eigenvalue weighted by molar-refractivity contribution is 0.342. The summed E-state index contributed by atoms with van der Waals surface area (Å²) in [7, 11) is -3.74. The number of hydrogen-bond acceptors (Lipinski definition) is 6. The van der Waals surface area contributed by atoms with E-state index in [0.29, 0.717) is 0 Å². The second-order valence-corrected chi connectivity index (χ2v) is 5.33. The molecule has 0 aliphatic carbocycles. The molecule has 0 radical (unpaired) electrons. The van der Waals surface area contributed by atoms with Crippen LogP contribution in [0.1, 0.15) is 5.56 Å². The zero-order valence-corrected chi connectivity index (χ0v) is 12.9. The summed E-state index contributed by atoms with van der Waals surface area (Å²) in [4.78, 5) is 0.101. The van der Waals surface area contributed by atoms with Gasteiger partial charge in [-0.05, 0) is 19.1 Å². The summed E-state index contributed by atoms with van der Waals surface area (Å²) >= 11 is 0. The highest BCUT2D eigenvalue weighted by Crippen LogP contribution is 2.12. The van der Waals surface area contributed by atoms with Crippen LogP contribution in [0, 0.1) is 30.6 Å². The lowest BCUT2D eigenvalue weighted by atomic mass is 10.2. The van der Waals surface area contributed by atoms with Crippen molar-refractivity contribution in [3.05, 3.63) is 29.8 Å². The summed E-state index contributed by atoms with van der Waals surface area (Å²) in [5, 5.41) is 24.2. The van der Waals surface area contributed by atoms with E-state index in [0.717, 1.165) is 5.56 Å². The third kappa shape index (κ3) is 9.14. The molecule has 0 aliphatic rings. The van der Waals surface area contributed by atoms with Crippen LogP contribution >= 0.6 is 0 Å². The fourth-order valence-corrected chi connectivity index (χ4v) is 1.92. The van der Waals surface area contributed by atoms with E-state index >= 15 is 0 Å². The maximum atomic E-state index is 11.6. The van der Waals surface area contributed by atoms with E-state index in [-0.39, 0.29) is 31.3 Å². The van der Waals surface area contributed by atoms with E-state index in [4.69, 9.17) is 15.3 Å². The highest BCUT2D eigenvalue weighted by atomic mass is 32.2. The van der Waals surface area contributed by atoms with Gasteiger partial charge in [0.15, 0.2) is 0 Å². The second kappa shape index (κ2) is 11.8. The normalized spacial score (nSPS) is 9.45. The van der Waals surface area contributed by atoms with Crippen molar-refractivity contribution in [2.75, 3.05) is 26.4 Å². The van der Waals surface area contributed by atoms with Crippen molar-refractivity contribution in [1.29, 1.82) is 0 Å². The second-order valence-electron chi connectivity index (χ2n) is 3.71. The van der Waals surface area contributed by atoms with Crippen molar-refractivity contribution < 1.29 is 27.9 Å². The molecule has 0 amide bonds. The van der Waals surface area contributed by atoms with E-state index in [1.807, 2.05) is 6.92 Å². The maximum Gasteiger partial charge on any atom is 0.297 e. The Morgan fingerprint density at radius 2 is 1.36 bits per heavy atom. The van der Waals surface area contributed by atoms with Crippen molar-refractivity contribution in [2.45, 2.75) is 11.8 Å². The minimum atomic E-state index is -3.74. The third-order valence-corrected chi connectivity index (χ3v) is 3.36. The van der Waals surface area contributed by atoms with E-state index in [9.17, 15) is 8.42 Å². The predicted octanol–water partition coefficient (Wildman–Crippen LogP) is -0.330. The first-order valence-electron chi connectivity index (χ1n) is 6.18. The molecular weight excluding hydrogens is 308 g/mol. The topological polar surface area (TPSA) is 104 Å². The molecule has 0 aromatic heterocycles. The molecule has 0 saturated carbocycles. The fourth-order valence-electron chi connectivity index (χ4n) is 1.10. The van der Waals surface area contributed by atoms with Gasteiger partial charge in [0.25, 0.3) is 10.1 Å². The van der Waals surface area contributed by atoms with E-state index in [1.165, 1.54) is 12.1 Å². The van der Waals surface area contributed by atoms with E-state index in [2.05, 4.69) is 27.9 Å². The van der Waals surface area contributed by atoms with Crippen LogP contribution in [0.25, 0.3) is 0 Å². The van der Waals surface area contributed by atoms with Gasteiger partial charge in [0.1, 0.15) is 26.4 Å². The highest BCUT2D eigenvalue weighted by molar-refractivity contribution is 7.86. The highest BCUT2D eigenvalue weighted by Gasteiger charge is 2.13. The minimum Gasteiger partial charge on any atom is -0.384 e. The van der Waals surface area contributed by atoms with Crippen LogP contribution in [0.15, 0.2) is 29.2 Å². The number of aliphatic hydroxyl groups is 3. The molecule has 0 fully saturated rings. The SMILES string of the molecule is Cc1ccc(S(=O)(=O)OCC#CCO)cc1.OCC#CCO. The largest absolute Gasteiger partial charge is 0.384 e. The summed E-state index contributed by atoms with van der Waals surface area (Å²) in [5.74, 6) is 9.18. The molecule has 0 spiro atoms. The molecule has 0 heterocycles. The van der Waals surface area contributed by atoms with E-state index < -0.39 is 10.1 Å². The Kier molecular flexibility index (Phi) is 10.8. The molecule has 0 saturated heterocycles. The first-order valence-corrected chi connectivity index (χ1v) is 7.59. The van der Waals surface area contributed by atoms with Crippen LogP contribution in [-0.2, 0) is 14.3 Å². The summed E-state index contributed by atoms with van der Waals surface area (Å²) in [5.41, 5.74) is 0.971. The van der Waals surface area contributed by atoms with Gasteiger partial charge in [-0.2, -0.15) is 8.42 Å². The first kappa shape index (κ1) is 20.1. The van der Waals surface area contributed by atoms with Crippen molar-refractivity contribution in [2.24, 2.45) is 0 Å². The summed E-state index contributed by atoms with van der Waals surface area (Å²) < 4.78 is 27.8.